The van der Waals surface area contributed by atoms with Gasteiger partial charge < -0.3 is 14.4 Å². The van der Waals surface area contributed by atoms with Crippen LogP contribution in [0.25, 0.3) is 0 Å². The molecule has 1 aromatic carbocycles. The van der Waals surface area contributed by atoms with E-state index >= 15 is 0 Å². The first kappa shape index (κ1) is 18.2. The summed E-state index contributed by atoms with van der Waals surface area (Å²) in [6.07, 6.45) is -4.45. The number of anilines is 1. The van der Waals surface area contributed by atoms with E-state index < -0.39 is 24.5 Å². The lowest BCUT2D eigenvalue weighted by Gasteiger charge is -2.26. The third-order valence-electron chi connectivity index (χ3n) is 2.96. The van der Waals surface area contributed by atoms with Crippen molar-refractivity contribution in [2.75, 3.05) is 38.8 Å². The van der Waals surface area contributed by atoms with Gasteiger partial charge in [0, 0.05) is 19.3 Å². The molecule has 124 valence electrons. The summed E-state index contributed by atoms with van der Waals surface area (Å²) in [6, 6.07) is 2.21. The third-order valence-corrected chi connectivity index (χ3v) is 2.96. The molecule has 1 aromatic rings. The van der Waals surface area contributed by atoms with Crippen LogP contribution >= 0.6 is 0 Å². The summed E-state index contributed by atoms with van der Waals surface area (Å²) >= 11 is 0. The number of halogens is 4. The zero-order chi connectivity index (χ0) is 16.9. The lowest BCUT2D eigenvalue weighted by Crippen LogP contribution is -2.36. The summed E-state index contributed by atoms with van der Waals surface area (Å²) < 4.78 is 61.1. The van der Waals surface area contributed by atoms with Gasteiger partial charge in [-0.2, -0.15) is 13.2 Å². The normalized spacial score (nSPS) is 11.4. The van der Waals surface area contributed by atoms with Crippen molar-refractivity contribution in [1.82, 2.24) is 0 Å². The molecule has 0 atom stereocenters. The van der Waals surface area contributed by atoms with Crippen molar-refractivity contribution in [3.05, 3.63) is 29.1 Å². The van der Waals surface area contributed by atoms with Gasteiger partial charge in [0.1, 0.15) is 12.4 Å². The van der Waals surface area contributed by atoms with E-state index in [9.17, 15) is 22.4 Å². The summed E-state index contributed by atoms with van der Waals surface area (Å²) in [5.74, 6) is -1.80. The number of ether oxygens (including phenoxy) is 2. The summed E-state index contributed by atoms with van der Waals surface area (Å²) in [6.45, 7) is 0.176. The Morgan fingerprint density at radius 1 is 1.27 bits per heavy atom. The quantitative estimate of drug-likeness (QED) is 0.596. The minimum Gasteiger partial charge on any atom is -0.465 e. The van der Waals surface area contributed by atoms with Crippen molar-refractivity contribution in [3.63, 3.8) is 0 Å². The number of methoxy groups -OCH3 is 2. The summed E-state index contributed by atoms with van der Waals surface area (Å²) in [5.41, 5.74) is -0.0616. The first-order valence-electron chi connectivity index (χ1n) is 6.38. The highest BCUT2D eigenvalue weighted by Crippen LogP contribution is 2.26. The maximum absolute atomic E-state index is 14.0. The predicted octanol–water partition coefficient (Wildman–Crippen LogP) is 2.94. The lowest BCUT2D eigenvalue weighted by atomic mass is 10.1. The van der Waals surface area contributed by atoms with Crippen LogP contribution in [0, 0.1) is 12.7 Å². The molecule has 4 nitrogen and oxygen atoms in total. The van der Waals surface area contributed by atoms with Crippen LogP contribution < -0.4 is 4.90 Å². The number of aryl methyl sites for hydroxylation is 1. The van der Waals surface area contributed by atoms with Gasteiger partial charge in [-0.25, -0.2) is 9.18 Å². The average molecular weight is 323 g/mol. The largest absolute Gasteiger partial charge is 0.465 e. The van der Waals surface area contributed by atoms with Crippen molar-refractivity contribution < 1.29 is 31.8 Å². The van der Waals surface area contributed by atoms with E-state index in [0.717, 1.165) is 18.1 Å². The molecule has 0 bridgehead atoms. The Kier molecular flexibility index (Phi) is 6.16. The Morgan fingerprint density at radius 3 is 2.36 bits per heavy atom. The van der Waals surface area contributed by atoms with Gasteiger partial charge in [-0.05, 0) is 24.6 Å². The van der Waals surface area contributed by atoms with E-state index in [1.54, 1.807) is 0 Å². The highest BCUT2D eigenvalue weighted by atomic mass is 19.4. The number of alkyl halides is 3. The molecule has 0 spiro atoms. The maximum atomic E-state index is 14.0. The molecule has 0 aromatic heterocycles. The van der Waals surface area contributed by atoms with Crippen LogP contribution in [0.15, 0.2) is 12.1 Å². The smallest absolute Gasteiger partial charge is 0.405 e. The molecule has 8 heteroatoms. The molecule has 0 unspecified atom stereocenters. The number of rotatable bonds is 6. The minimum absolute atomic E-state index is 0.0250. The van der Waals surface area contributed by atoms with Crippen LogP contribution in [0.2, 0.25) is 0 Å². The molecule has 0 N–H and O–H groups in total. The Bertz CT molecular complexity index is 508. The second kappa shape index (κ2) is 7.44. The molecule has 22 heavy (non-hydrogen) atoms. The van der Waals surface area contributed by atoms with Crippen molar-refractivity contribution in [3.8, 4) is 0 Å². The Morgan fingerprint density at radius 2 is 1.91 bits per heavy atom. The van der Waals surface area contributed by atoms with Crippen LogP contribution in [0.3, 0.4) is 0 Å². The monoisotopic (exact) mass is 323 g/mol. The number of hydrogen-bond donors (Lipinski definition) is 0. The first-order chi connectivity index (χ1) is 10.2. The number of nitrogens with zero attached hydrogens (tertiary/aromatic N) is 1. The van der Waals surface area contributed by atoms with Crippen molar-refractivity contribution in [2.24, 2.45) is 0 Å². The molecule has 0 aliphatic heterocycles. The number of carbonyl (C=O) groups is 1. The number of benzene rings is 1. The highest BCUT2D eigenvalue weighted by Gasteiger charge is 2.31. The lowest BCUT2D eigenvalue weighted by molar-refractivity contribution is -0.120. The van der Waals surface area contributed by atoms with Crippen LogP contribution in [0.1, 0.15) is 15.9 Å². The van der Waals surface area contributed by atoms with Gasteiger partial charge in [0.25, 0.3) is 0 Å². The fraction of sp³-hybridized carbons (Fsp3) is 0.500. The Hall–Kier alpha value is -1.83. The van der Waals surface area contributed by atoms with E-state index in [1.807, 2.05) is 0 Å². The van der Waals surface area contributed by atoms with Gasteiger partial charge in [-0.3, -0.25) is 0 Å². The van der Waals surface area contributed by atoms with Crippen molar-refractivity contribution in [2.45, 2.75) is 13.1 Å². The minimum atomic E-state index is -4.45. The highest BCUT2D eigenvalue weighted by molar-refractivity contribution is 5.91. The Labute approximate surface area is 125 Å². The molecular formula is C14H17F4NO3. The Balaban J connectivity index is 3.17. The van der Waals surface area contributed by atoms with Crippen LogP contribution in [-0.2, 0) is 9.47 Å². The predicted molar refractivity (Wildman–Crippen MR) is 72.6 cm³/mol. The molecule has 0 aliphatic carbocycles. The van der Waals surface area contributed by atoms with Gasteiger partial charge in [0.05, 0.1) is 19.3 Å². The van der Waals surface area contributed by atoms with E-state index in [1.165, 1.54) is 20.1 Å². The molecule has 0 amide bonds. The van der Waals surface area contributed by atoms with Crippen LogP contribution in [-0.4, -0.2) is 46.1 Å². The molecule has 0 heterocycles. The van der Waals surface area contributed by atoms with Crippen molar-refractivity contribution in [1.29, 1.82) is 0 Å². The fourth-order valence-corrected chi connectivity index (χ4v) is 1.99. The molecule has 0 aliphatic rings. The molecule has 0 fully saturated rings. The van der Waals surface area contributed by atoms with Gasteiger partial charge in [0.15, 0.2) is 0 Å². The molecule has 0 saturated heterocycles. The van der Waals surface area contributed by atoms with Crippen LogP contribution in [0.5, 0.6) is 0 Å². The first-order valence-corrected chi connectivity index (χ1v) is 6.38. The zero-order valence-corrected chi connectivity index (χ0v) is 12.5. The number of carbonyl (C=O) groups excluding carboxylic acids is 1. The molecular weight excluding hydrogens is 306 g/mol. The third kappa shape index (κ3) is 4.87. The number of hydrogen-bond acceptors (Lipinski definition) is 4. The van der Waals surface area contributed by atoms with Gasteiger partial charge in [-0.1, -0.05) is 0 Å². The van der Waals surface area contributed by atoms with E-state index in [2.05, 4.69) is 4.74 Å². The molecule has 0 radical (unpaired) electrons. The number of esters is 1. The van der Waals surface area contributed by atoms with Gasteiger partial charge in [0.2, 0.25) is 0 Å². The zero-order valence-electron chi connectivity index (χ0n) is 12.5. The second-order valence-electron chi connectivity index (χ2n) is 4.64. The maximum Gasteiger partial charge on any atom is 0.405 e. The fourth-order valence-electron chi connectivity index (χ4n) is 1.99. The van der Waals surface area contributed by atoms with Gasteiger partial charge in [-0.15, -0.1) is 0 Å². The topological polar surface area (TPSA) is 38.8 Å². The van der Waals surface area contributed by atoms with Crippen molar-refractivity contribution >= 4 is 11.7 Å². The molecule has 0 saturated carbocycles. The van der Waals surface area contributed by atoms with E-state index in [0.29, 0.717) is 0 Å². The van der Waals surface area contributed by atoms with E-state index in [-0.39, 0.29) is 30.0 Å². The standard InChI is InChI=1S/C14H17F4NO3/c1-9-6-10(7-11(15)12(9)13(20)22-3)19(4-5-21-2)8-14(16,17)18/h6-7H,4-5,8H2,1-3H3. The average Bonchev–Trinajstić information content (AvgIpc) is 2.41. The summed E-state index contributed by atoms with van der Waals surface area (Å²) in [7, 11) is 2.46. The van der Waals surface area contributed by atoms with Gasteiger partial charge >= 0.3 is 12.1 Å². The second-order valence-corrected chi connectivity index (χ2v) is 4.64. The van der Waals surface area contributed by atoms with E-state index in [4.69, 9.17) is 4.74 Å². The SMILES string of the molecule is COCCN(CC(F)(F)F)c1cc(C)c(C(=O)OC)c(F)c1. The summed E-state index contributed by atoms with van der Waals surface area (Å²) in [4.78, 5) is 12.4. The molecule has 1 rings (SSSR count). The summed E-state index contributed by atoms with van der Waals surface area (Å²) in [5, 5.41) is 0. The van der Waals surface area contributed by atoms with Crippen LogP contribution in [0.4, 0.5) is 23.2 Å².